The highest BCUT2D eigenvalue weighted by molar-refractivity contribution is 7.16. The number of amides is 2. The number of primary amides is 1. The summed E-state index contributed by atoms with van der Waals surface area (Å²) in [6.07, 6.45) is 3.10. The molecule has 23 heavy (non-hydrogen) atoms. The van der Waals surface area contributed by atoms with Crippen LogP contribution in [0.3, 0.4) is 0 Å². The van der Waals surface area contributed by atoms with Crippen molar-refractivity contribution in [2.45, 2.75) is 13.8 Å². The molecule has 6 heteroatoms. The lowest BCUT2D eigenvalue weighted by molar-refractivity contribution is -0.111. The molecule has 0 saturated heterocycles. The van der Waals surface area contributed by atoms with Crippen molar-refractivity contribution in [3.63, 3.8) is 0 Å². The number of hydrogen-bond acceptors (Lipinski definition) is 4. The number of nitrogens with one attached hydrogen (secondary N) is 1. The second-order valence-electron chi connectivity index (χ2n) is 4.95. The maximum Gasteiger partial charge on any atom is 0.251 e. The van der Waals surface area contributed by atoms with E-state index < -0.39 is 5.91 Å². The van der Waals surface area contributed by atoms with E-state index in [4.69, 9.17) is 10.5 Å². The van der Waals surface area contributed by atoms with E-state index in [1.807, 2.05) is 38.1 Å². The molecule has 0 spiro atoms. The fraction of sp³-hybridized carbons (Fsp3) is 0.176. The fourth-order valence-corrected chi connectivity index (χ4v) is 3.12. The minimum atomic E-state index is -0.540. The first-order valence-corrected chi connectivity index (χ1v) is 7.77. The zero-order valence-electron chi connectivity index (χ0n) is 13.2. The monoisotopic (exact) mass is 330 g/mol. The number of hydrogen-bond donors (Lipinski definition) is 2. The lowest BCUT2D eigenvalue weighted by Crippen LogP contribution is -2.16. The Balaban J connectivity index is 2.11. The summed E-state index contributed by atoms with van der Waals surface area (Å²) in [6, 6.07) is 7.32. The van der Waals surface area contributed by atoms with Crippen molar-refractivity contribution in [2.24, 2.45) is 5.73 Å². The molecule has 2 aromatic rings. The van der Waals surface area contributed by atoms with E-state index in [2.05, 4.69) is 5.32 Å². The third-order valence-electron chi connectivity index (χ3n) is 3.41. The first-order valence-electron chi connectivity index (χ1n) is 6.95. The van der Waals surface area contributed by atoms with E-state index in [1.54, 1.807) is 13.2 Å². The van der Waals surface area contributed by atoms with Crippen LogP contribution in [0.15, 0.2) is 30.3 Å². The molecule has 0 aliphatic carbocycles. The number of ether oxygens (including phenoxy) is 1. The molecular formula is C17H18N2O3S. The molecule has 0 fully saturated rings. The number of carbonyl (C=O) groups is 2. The summed E-state index contributed by atoms with van der Waals surface area (Å²) in [5.74, 6) is -0.104. The zero-order chi connectivity index (χ0) is 17.0. The van der Waals surface area contributed by atoms with E-state index in [9.17, 15) is 9.59 Å². The second kappa shape index (κ2) is 7.11. The van der Waals surface area contributed by atoms with Gasteiger partial charge in [-0.15, -0.1) is 11.3 Å². The molecule has 0 unspecified atom stereocenters. The number of methoxy groups -OCH3 is 1. The number of rotatable bonds is 5. The van der Waals surface area contributed by atoms with Crippen LogP contribution in [0.5, 0.6) is 5.75 Å². The predicted molar refractivity (Wildman–Crippen MR) is 93.0 cm³/mol. The Morgan fingerprint density at radius 1 is 1.22 bits per heavy atom. The first-order chi connectivity index (χ1) is 10.9. The van der Waals surface area contributed by atoms with Crippen molar-refractivity contribution in [1.82, 2.24) is 0 Å². The molecule has 1 aromatic heterocycles. The largest absolute Gasteiger partial charge is 0.497 e. The van der Waals surface area contributed by atoms with Gasteiger partial charge < -0.3 is 15.8 Å². The summed E-state index contributed by atoms with van der Waals surface area (Å²) < 4.78 is 5.08. The molecule has 5 nitrogen and oxygen atoms in total. The van der Waals surface area contributed by atoms with Crippen molar-refractivity contribution in [2.75, 3.05) is 12.4 Å². The average molecular weight is 330 g/mol. The van der Waals surface area contributed by atoms with Crippen LogP contribution >= 0.6 is 11.3 Å². The van der Waals surface area contributed by atoms with Crippen molar-refractivity contribution < 1.29 is 14.3 Å². The SMILES string of the molecule is COc1ccc(/C=C/C(=O)Nc2sc(C)c(C)c2C(N)=O)cc1. The van der Waals surface area contributed by atoms with Crippen molar-refractivity contribution in [1.29, 1.82) is 0 Å². The highest BCUT2D eigenvalue weighted by Gasteiger charge is 2.18. The Hall–Kier alpha value is -2.60. The summed E-state index contributed by atoms with van der Waals surface area (Å²) in [6.45, 7) is 3.70. The van der Waals surface area contributed by atoms with Crippen LogP contribution in [-0.2, 0) is 4.79 Å². The van der Waals surface area contributed by atoms with E-state index in [0.29, 0.717) is 10.6 Å². The van der Waals surface area contributed by atoms with Gasteiger partial charge in [-0.05, 0) is 43.2 Å². The number of thiophene rings is 1. The number of nitrogens with two attached hydrogens (primary N) is 1. The molecule has 1 aromatic carbocycles. The molecule has 0 aliphatic rings. The van der Waals surface area contributed by atoms with Gasteiger partial charge in [-0.3, -0.25) is 9.59 Å². The maximum absolute atomic E-state index is 12.0. The summed E-state index contributed by atoms with van der Waals surface area (Å²) >= 11 is 1.34. The van der Waals surface area contributed by atoms with Gasteiger partial charge >= 0.3 is 0 Å². The van der Waals surface area contributed by atoms with Gasteiger partial charge in [0.2, 0.25) is 5.91 Å². The topological polar surface area (TPSA) is 81.4 Å². The van der Waals surface area contributed by atoms with Crippen LogP contribution in [0.4, 0.5) is 5.00 Å². The van der Waals surface area contributed by atoms with Crippen LogP contribution in [0.1, 0.15) is 26.4 Å². The average Bonchev–Trinajstić information content (AvgIpc) is 2.80. The Kier molecular flexibility index (Phi) is 5.18. The van der Waals surface area contributed by atoms with Gasteiger partial charge in [0, 0.05) is 11.0 Å². The molecule has 1 heterocycles. The van der Waals surface area contributed by atoms with E-state index in [0.717, 1.165) is 21.8 Å². The van der Waals surface area contributed by atoms with Crippen molar-refractivity contribution >= 4 is 34.2 Å². The smallest absolute Gasteiger partial charge is 0.251 e. The molecule has 0 saturated carbocycles. The minimum absolute atomic E-state index is 0.315. The Morgan fingerprint density at radius 2 is 1.87 bits per heavy atom. The van der Waals surface area contributed by atoms with Gasteiger partial charge in [0.05, 0.1) is 12.7 Å². The molecular weight excluding hydrogens is 312 g/mol. The van der Waals surface area contributed by atoms with E-state index >= 15 is 0 Å². The Morgan fingerprint density at radius 3 is 2.43 bits per heavy atom. The number of benzene rings is 1. The maximum atomic E-state index is 12.0. The van der Waals surface area contributed by atoms with Gasteiger partial charge in [0.25, 0.3) is 5.91 Å². The zero-order valence-corrected chi connectivity index (χ0v) is 14.0. The molecule has 2 amide bonds. The molecule has 0 radical (unpaired) electrons. The number of aryl methyl sites for hydroxylation is 1. The highest BCUT2D eigenvalue weighted by Crippen LogP contribution is 2.32. The van der Waals surface area contributed by atoms with E-state index in [-0.39, 0.29) is 5.91 Å². The van der Waals surface area contributed by atoms with Crippen molar-refractivity contribution in [3.05, 3.63) is 51.9 Å². The summed E-state index contributed by atoms with van der Waals surface area (Å²) in [5, 5.41) is 3.20. The van der Waals surface area contributed by atoms with E-state index in [1.165, 1.54) is 17.4 Å². The molecule has 0 aliphatic heterocycles. The van der Waals surface area contributed by atoms with Gasteiger partial charge in [0.15, 0.2) is 0 Å². The molecule has 2 rings (SSSR count). The van der Waals surface area contributed by atoms with Crippen LogP contribution in [0.2, 0.25) is 0 Å². The summed E-state index contributed by atoms with van der Waals surface area (Å²) in [7, 11) is 1.60. The van der Waals surface area contributed by atoms with Crippen molar-refractivity contribution in [3.8, 4) is 5.75 Å². The van der Waals surface area contributed by atoms with Crippen LogP contribution in [0.25, 0.3) is 6.08 Å². The summed E-state index contributed by atoms with van der Waals surface area (Å²) in [5.41, 5.74) is 7.43. The third kappa shape index (κ3) is 3.98. The Bertz CT molecular complexity index is 761. The standard InChI is InChI=1S/C17H18N2O3S/c1-10-11(2)23-17(15(10)16(18)21)19-14(20)9-6-12-4-7-13(22-3)8-5-12/h4-9H,1-3H3,(H2,18,21)(H,19,20)/b9-6+. The highest BCUT2D eigenvalue weighted by atomic mass is 32.1. The Labute approximate surface area is 138 Å². The quantitative estimate of drug-likeness (QED) is 0.826. The normalized spacial score (nSPS) is 10.7. The molecule has 0 atom stereocenters. The lowest BCUT2D eigenvalue weighted by Gasteiger charge is -2.02. The van der Waals surface area contributed by atoms with Gasteiger partial charge in [-0.1, -0.05) is 12.1 Å². The molecule has 3 N–H and O–H groups in total. The second-order valence-corrected chi connectivity index (χ2v) is 6.17. The third-order valence-corrected chi connectivity index (χ3v) is 4.53. The van der Waals surface area contributed by atoms with Crippen LogP contribution < -0.4 is 15.8 Å². The van der Waals surface area contributed by atoms with Gasteiger partial charge in [0.1, 0.15) is 10.8 Å². The lowest BCUT2D eigenvalue weighted by atomic mass is 10.1. The summed E-state index contributed by atoms with van der Waals surface area (Å²) in [4.78, 5) is 24.5. The first kappa shape index (κ1) is 16.8. The molecule has 120 valence electrons. The predicted octanol–water partition coefficient (Wildman–Crippen LogP) is 3.12. The van der Waals surface area contributed by atoms with Gasteiger partial charge in [-0.25, -0.2) is 0 Å². The van der Waals surface area contributed by atoms with Gasteiger partial charge in [-0.2, -0.15) is 0 Å². The fourth-order valence-electron chi connectivity index (χ4n) is 2.05. The number of carbonyl (C=O) groups excluding carboxylic acids is 2. The number of anilines is 1. The molecule has 0 bridgehead atoms. The van der Waals surface area contributed by atoms with Crippen LogP contribution in [0, 0.1) is 13.8 Å². The minimum Gasteiger partial charge on any atom is -0.497 e. The van der Waals surface area contributed by atoms with Crippen LogP contribution in [-0.4, -0.2) is 18.9 Å².